The molecule has 2 fully saturated rings. The van der Waals surface area contributed by atoms with Crippen LogP contribution < -0.4 is 0 Å². The van der Waals surface area contributed by atoms with E-state index < -0.39 is 17.7 Å². The van der Waals surface area contributed by atoms with Crippen LogP contribution in [0.4, 0.5) is 8.78 Å². The minimum absolute atomic E-state index is 0.190. The third-order valence-corrected chi connectivity index (χ3v) is 6.29. The minimum Gasteiger partial charge on any atom is -0.345 e. The first kappa shape index (κ1) is 20.9. The predicted molar refractivity (Wildman–Crippen MR) is 115 cm³/mol. The van der Waals surface area contributed by atoms with E-state index in [0.717, 1.165) is 18.8 Å². The molecular formula is C22H25F2N7. The van der Waals surface area contributed by atoms with E-state index in [1.54, 1.807) is 19.2 Å². The van der Waals surface area contributed by atoms with Crippen LogP contribution in [0.15, 0.2) is 36.3 Å². The first-order valence-electron chi connectivity index (χ1n) is 10.3. The summed E-state index contributed by atoms with van der Waals surface area (Å²) in [7, 11) is 0. The summed E-state index contributed by atoms with van der Waals surface area (Å²) in [6, 6.07) is 1.83. The van der Waals surface area contributed by atoms with E-state index in [-0.39, 0.29) is 29.2 Å². The number of hydrogen-bond donors (Lipinski definition) is 4. The van der Waals surface area contributed by atoms with Gasteiger partial charge in [0, 0.05) is 30.4 Å². The number of nitrogens with one attached hydrogen (secondary N) is 4. The van der Waals surface area contributed by atoms with Crippen molar-refractivity contribution in [3.8, 4) is 11.4 Å². The van der Waals surface area contributed by atoms with Crippen molar-refractivity contribution in [3.63, 3.8) is 0 Å². The largest absolute Gasteiger partial charge is 0.345 e. The number of H-pyrrole nitrogens is 1. The van der Waals surface area contributed by atoms with Gasteiger partial charge in [-0.25, -0.2) is 13.8 Å². The molecule has 3 unspecified atom stereocenters. The monoisotopic (exact) mass is 425 g/mol. The Morgan fingerprint density at radius 2 is 2.00 bits per heavy atom. The second-order valence-electron chi connectivity index (χ2n) is 7.78. The average Bonchev–Trinajstić information content (AvgIpc) is 3.26. The van der Waals surface area contributed by atoms with Gasteiger partial charge < -0.3 is 9.88 Å². The number of aromatic amines is 1. The molecule has 1 aliphatic carbocycles. The van der Waals surface area contributed by atoms with E-state index >= 15 is 0 Å². The van der Waals surface area contributed by atoms with Crippen LogP contribution in [0.5, 0.6) is 0 Å². The van der Waals surface area contributed by atoms with Gasteiger partial charge in [-0.05, 0) is 37.8 Å². The van der Waals surface area contributed by atoms with Gasteiger partial charge in [-0.1, -0.05) is 13.0 Å². The molecule has 1 saturated carbocycles. The second-order valence-corrected chi connectivity index (χ2v) is 7.78. The molecule has 1 aliphatic heterocycles. The van der Waals surface area contributed by atoms with Crippen LogP contribution in [-0.2, 0) is 0 Å². The molecule has 1 aromatic heterocycles. The first-order chi connectivity index (χ1) is 14.9. The molecule has 1 saturated heterocycles. The number of benzene rings is 1. The topological polar surface area (TPSA) is 107 Å². The highest BCUT2D eigenvalue weighted by Gasteiger charge is 2.46. The van der Waals surface area contributed by atoms with Gasteiger partial charge in [0.2, 0.25) is 0 Å². The Morgan fingerprint density at radius 3 is 2.55 bits per heavy atom. The number of hydrogen-bond acceptors (Lipinski definition) is 4. The summed E-state index contributed by atoms with van der Waals surface area (Å²) in [6.45, 7) is 3.70. The van der Waals surface area contributed by atoms with Crippen molar-refractivity contribution in [2.45, 2.75) is 51.1 Å². The number of aromatic nitrogens is 2. The fraction of sp³-hybridized carbons (Fsp3) is 0.364. The number of halogens is 2. The van der Waals surface area contributed by atoms with Crippen LogP contribution in [0.25, 0.3) is 11.4 Å². The summed E-state index contributed by atoms with van der Waals surface area (Å²) in [6.07, 6.45) is 7.90. The third kappa shape index (κ3) is 3.24. The molecule has 1 aromatic carbocycles. The van der Waals surface area contributed by atoms with Gasteiger partial charge in [-0.2, -0.15) is 0 Å². The number of amidine groups is 2. The molecule has 31 heavy (non-hydrogen) atoms. The molecule has 3 atom stereocenters. The van der Waals surface area contributed by atoms with Crippen molar-refractivity contribution in [1.82, 2.24) is 19.8 Å². The molecule has 2 aromatic rings. The van der Waals surface area contributed by atoms with Crippen LogP contribution in [0, 0.1) is 27.9 Å². The SMILES string of the molecule is C/C=C1\C(=N)N(C2CCC2c2cc(-c3ncc[nH]3)c(F)cc2F)C(CC)C(=N)N1C=N. The third-order valence-electron chi connectivity index (χ3n) is 6.29. The molecule has 9 heteroatoms. The molecular weight excluding hydrogens is 400 g/mol. The zero-order valence-corrected chi connectivity index (χ0v) is 17.4. The number of piperazine rings is 1. The van der Waals surface area contributed by atoms with E-state index in [1.165, 1.54) is 17.2 Å². The fourth-order valence-corrected chi connectivity index (χ4v) is 4.65. The summed E-state index contributed by atoms with van der Waals surface area (Å²) >= 11 is 0. The molecule has 0 amide bonds. The van der Waals surface area contributed by atoms with Gasteiger partial charge in [-0.3, -0.25) is 21.1 Å². The first-order valence-corrected chi connectivity index (χ1v) is 10.3. The Balaban J connectivity index is 1.72. The maximum absolute atomic E-state index is 14.9. The highest BCUT2D eigenvalue weighted by Crippen LogP contribution is 2.45. The lowest BCUT2D eigenvalue weighted by Crippen LogP contribution is -2.63. The van der Waals surface area contributed by atoms with E-state index in [9.17, 15) is 8.78 Å². The van der Waals surface area contributed by atoms with Crippen LogP contribution in [0.2, 0.25) is 0 Å². The van der Waals surface area contributed by atoms with Crippen molar-refractivity contribution >= 4 is 18.0 Å². The van der Waals surface area contributed by atoms with Gasteiger partial charge >= 0.3 is 0 Å². The minimum atomic E-state index is -0.677. The smallest absolute Gasteiger partial charge is 0.146 e. The molecule has 7 nitrogen and oxygen atoms in total. The standard InChI is InChI=1S/C22H25F2N7/c1-3-17-21(27)31(18(4-2)20(26)30(17)11-25)19-6-5-12(19)13-9-14(16(24)10-15(13)23)22-28-7-8-29-22/h3,7-12,18-19,25-27H,4-6H2,1-2H3,(H,28,29)/b17-3+,25-11?,26-20?,27-21?. The lowest BCUT2D eigenvalue weighted by Gasteiger charge is -2.53. The molecule has 4 N–H and O–H groups in total. The van der Waals surface area contributed by atoms with Crippen molar-refractivity contribution in [1.29, 1.82) is 16.2 Å². The van der Waals surface area contributed by atoms with Crippen LogP contribution in [-0.4, -0.2) is 49.9 Å². The number of rotatable bonds is 5. The molecule has 0 spiro atoms. The average molecular weight is 425 g/mol. The van der Waals surface area contributed by atoms with Gasteiger partial charge in [0.15, 0.2) is 0 Å². The Kier molecular flexibility index (Phi) is 5.43. The Bertz CT molecular complexity index is 1060. The lowest BCUT2D eigenvalue weighted by atomic mass is 9.72. The normalized spacial score (nSPS) is 25.2. The predicted octanol–water partition coefficient (Wildman–Crippen LogP) is 4.46. The summed E-state index contributed by atoms with van der Waals surface area (Å²) < 4.78 is 29.3. The van der Waals surface area contributed by atoms with Crippen LogP contribution in [0.1, 0.15) is 44.6 Å². The van der Waals surface area contributed by atoms with Gasteiger partial charge in [0.25, 0.3) is 0 Å². The Morgan fingerprint density at radius 1 is 1.23 bits per heavy atom. The Hall–Kier alpha value is -3.36. The second kappa shape index (κ2) is 8.05. The fourth-order valence-electron chi connectivity index (χ4n) is 4.65. The van der Waals surface area contributed by atoms with Gasteiger partial charge in [0.05, 0.1) is 23.6 Å². The molecule has 2 aliphatic rings. The molecule has 2 heterocycles. The van der Waals surface area contributed by atoms with E-state index in [1.807, 2.05) is 11.8 Å². The zero-order chi connectivity index (χ0) is 22.3. The summed E-state index contributed by atoms with van der Waals surface area (Å²) in [5, 5.41) is 25.0. The van der Waals surface area contributed by atoms with Crippen molar-refractivity contribution < 1.29 is 8.78 Å². The van der Waals surface area contributed by atoms with Crippen molar-refractivity contribution in [3.05, 3.63) is 53.5 Å². The molecule has 4 rings (SSSR count). The number of nitrogens with zero attached hydrogens (tertiary/aromatic N) is 3. The maximum atomic E-state index is 14.9. The van der Waals surface area contributed by atoms with E-state index in [4.69, 9.17) is 16.2 Å². The van der Waals surface area contributed by atoms with Crippen LogP contribution >= 0.6 is 0 Å². The highest BCUT2D eigenvalue weighted by molar-refractivity contribution is 6.11. The van der Waals surface area contributed by atoms with E-state index in [2.05, 4.69) is 9.97 Å². The van der Waals surface area contributed by atoms with Crippen molar-refractivity contribution in [2.24, 2.45) is 0 Å². The number of allylic oxidation sites excluding steroid dienone is 1. The lowest BCUT2D eigenvalue weighted by molar-refractivity contribution is 0.141. The van der Waals surface area contributed by atoms with Gasteiger partial charge in [0.1, 0.15) is 29.1 Å². The maximum Gasteiger partial charge on any atom is 0.146 e. The Labute approximate surface area is 179 Å². The van der Waals surface area contributed by atoms with Gasteiger partial charge in [-0.15, -0.1) is 0 Å². The quantitative estimate of drug-likeness (QED) is 0.420. The van der Waals surface area contributed by atoms with Crippen molar-refractivity contribution in [2.75, 3.05) is 0 Å². The highest BCUT2D eigenvalue weighted by atomic mass is 19.1. The van der Waals surface area contributed by atoms with Crippen LogP contribution in [0.3, 0.4) is 0 Å². The number of imidazole rings is 1. The molecule has 162 valence electrons. The molecule has 0 bridgehead atoms. The summed E-state index contributed by atoms with van der Waals surface area (Å²) in [5.74, 6) is -0.738. The summed E-state index contributed by atoms with van der Waals surface area (Å²) in [4.78, 5) is 10.2. The zero-order valence-electron chi connectivity index (χ0n) is 17.4. The van der Waals surface area contributed by atoms with E-state index in [0.29, 0.717) is 29.9 Å². The molecule has 0 radical (unpaired) electrons. The summed E-state index contributed by atoms with van der Waals surface area (Å²) in [5.41, 5.74) is 1.07.